The molecule has 0 atom stereocenters. The number of imidazole rings is 1. The quantitative estimate of drug-likeness (QED) is 0.872. The minimum Gasteiger partial charge on any atom is -0.370 e. The fraction of sp³-hybridized carbons (Fsp3) is 0.364. The van der Waals surface area contributed by atoms with E-state index in [2.05, 4.69) is 25.7 Å². The van der Waals surface area contributed by atoms with E-state index in [1.165, 1.54) is 0 Å². The van der Waals surface area contributed by atoms with Crippen LogP contribution >= 0.6 is 15.9 Å². The van der Waals surface area contributed by atoms with Gasteiger partial charge in [-0.3, -0.25) is 0 Å². The van der Waals surface area contributed by atoms with Crippen molar-refractivity contribution in [1.29, 1.82) is 0 Å². The van der Waals surface area contributed by atoms with Crippen LogP contribution < -0.4 is 5.73 Å². The van der Waals surface area contributed by atoms with Crippen molar-refractivity contribution >= 4 is 32.9 Å². The molecule has 2 aromatic rings. The average molecular weight is 338 g/mol. The number of halogens is 4. The Kier molecular flexibility index (Phi) is 4.00. The van der Waals surface area contributed by atoms with E-state index in [4.69, 9.17) is 5.73 Å². The molecular formula is C11H11BrF3N3O. The molecule has 0 saturated carbocycles. The highest BCUT2D eigenvalue weighted by Crippen LogP contribution is 2.22. The van der Waals surface area contributed by atoms with Gasteiger partial charge in [0.05, 0.1) is 17.6 Å². The molecule has 8 heteroatoms. The van der Waals surface area contributed by atoms with Gasteiger partial charge in [0.25, 0.3) is 0 Å². The van der Waals surface area contributed by atoms with Gasteiger partial charge in [-0.05, 0) is 18.2 Å². The smallest absolute Gasteiger partial charge is 0.370 e. The minimum atomic E-state index is -4.31. The van der Waals surface area contributed by atoms with E-state index in [9.17, 15) is 13.2 Å². The minimum absolute atomic E-state index is 0.0781. The number of aromatic nitrogens is 2. The normalized spacial score (nSPS) is 12.2. The molecule has 0 aliphatic heterocycles. The molecule has 1 aromatic heterocycles. The lowest BCUT2D eigenvalue weighted by molar-refractivity contribution is -0.174. The van der Waals surface area contributed by atoms with Crippen molar-refractivity contribution in [3.8, 4) is 0 Å². The van der Waals surface area contributed by atoms with Crippen LogP contribution in [0.15, 0.2) is 22.7 Å². The Labute approximate surface area is 115 Å². The summed E-state index contributed by atoms with van der Waals surface area (Å²) in [7, 11) is 0. The first-order valence-electron chi connectivity index (χ1n) is 5.42. The first-order chi connectivity index (χ1) is 8.87. The van der Waals surface area contributed by atoms with Crippen LogP contribution in [0.5, 0.6) is 0 Å². The zero-order valence-electron chi connectivity index (χ0n) is 9.75. The van der Waals surface area contributed by atoms with Crippen LogP contribution in [0.4, 0.5) is 19.1 Å². The van der Waals surface area contributed by atoms with Gasteiger partial charge in [-0.15, -0.1) is 0 Å². The van der Waals surface area contributed by atoms with Gasteiger partial charge in [-0.25, -0.2) is 4.98 Å². The monoisotopic (exact) mass is 337 g/mol. The lowest BCUT2D eigenvalue weighted by Gasteiger charge is -2.09. The van der Waals surface area contributed by atoms with E-state index in [1.807, 2.05) is 6.07 Å². The summed E-state index contributed by atoms with van der Waals surface area (Å²) in [4.78, 5) is 4.13. The number of benzene rings is 1. The van der Waals surface area contributed by atoms with Gasteiger partial charge in [0.1, 0.15) is 6.61 Å². The predicted octanol–water partition coefficient (Wildman–Crippen LogP) is 2.96. The molecule has 0 aliphatic rings. The number of nitrogen functional groups attached to an aromatic ring is 1. The second-order valence-electron chi connectivity index (χ2n) is 3.92. The molecule has 0 radical (unpaired) electrons. The Morgan fingerprint density at radius 1 is 1.37 bits per heavy atom. The molecule has 4 nitrogen and oxygen atoms in total. The van der Waals surface area contributed by atoms with E-state index >= 15 is 0 Å². The predicted molar refractivity (Wildman–Crippen MR) is 68.7 cm³/mol. The second kappa shape index (κ2) is 5.38. The third kappa shape index (κ3) is 3.60. The third-order valence-electron chi connectivity index (χ3n) is 2.46. The summed E-state index contributed by atoms with van der Waals surface area (Å²) in [5.41, 5.74) is 7.17. The van der Waals surface area contributed by atoms with Crippen LogP contribution in [-0.4, -0.2) is 28.9 Å². The third-order valence-corrected chi connectivity index (χ3v) is 2.96. The molecule has 1 heterocycles. The van der Waals surface area contributed by atoms with E-state index in [0.29, 0.717) is 5.52 Å². The molecule has 0 unspecified atom stereocenters. The topological polar surface area (TPSA) is 53.1 Å². The molecule has 0 amide bonds. The van der Waals surface area contributed by atoms with Crippen molar-refractivity contribution in [3.05, 3.63) is 22.7 Å². The fourth-order valence-electron chi connectivity index (χ4n) is 1.70. The lowest BCUT2D eigenvalue weighted by Crippen LogP contribution is -2.19. The first kappa shape index (κ1) is 14.1. The van der Waals surface area contributed by atoms with Gasteiger partial charge in [0, 0.05) is 11.0 Å². The van der Waals surface area contributed by atoms with Gasteiger partial charge >= 0.3 is 6.18 Å². The number of anilines is 1. The number of ether oxygens (including phenoxy) is 1. The fourth-order valence-corrected chi connectivity index (χ4v) is 2.05. The number of hydrogen-bond donors (Lipinski definition) is 1. The Hall–Kier alpha value is -1.28. The maximum absolute atomic E-state index is 11.9. The van der Waals surface area contributed by atoms with Gasteiger partial charge in [0.2, 0.25) is 5.95 Å². The molecule has 0 aliphatic carbocycles. The van der Waals surface area contributed by atoms with Crippen molar-refractivity contribution in [2.75, 3.05) is 18.9 Å². The van der Waals surface area contributed by atoms with Crippen LogP contribution in [0, 0.1) is 0 Å². The van der Waals surface area contributed by atoms with Crippen molar-refractivity contribution in [3.63, 3.8) is 0 Å². The number of nitrogens with two attached hydrogens (primary N) is 1. The molecule has 104 valence electrons. The van der Waals surface area contributed by atoms with Crippen LogP contribution in [0.2, 0.25) is 0 Å². The summed E-state index contributed by atoms with van der Waals surface area (Å²) >= 11 is 3.31. The highest BCUT2D eigenvalue weighted by Gasteiger charge is 2.27. The zero-order chi connectivity index (χ0) is 14.0. The van der Waals surface area contributed by atoms with Gasteiger partial charge in [-0.1, -0.05) is 15.9 Å². The van der Waals surface area contributed by atoms with E-state index in [-0.39, 0.29) is 19.1 Å². The average Bonchev–Trinajstić information content (AvgIpc) is 2.58. The Bertz CT molecular complexity index is 582. The molecule has 2 N–H and O–H groups in total. The highest BCUT2D eigenvalue weighted by molar-refractivity contribution is 9.10. The van der Waals surface area contributed by atoms with E-state index < -0.39 is 12.8 Å². The molecule has 0 spiro atoms. The first-order valence-corrected chi connectivity index (χ1v) is 6.22. The van der Waals surface area contributed by atoms with Crippen molar-refractivity contribution < 1.29 is 17.9 Å². The summed E-state index contributed by atoms with van der Waals surface area (Å²) in [6.07, 6.45) is -4.31. The number of rotatable bonds is 4. The maximum Gasteiger partial charge on any atom is 0.411 e. The summed E-state index contributed by atoms with van der Waals surface area (Å²) in [5, 5.41) is 0. The van der Waals surface area contributed by atoms with E-state index in [0.717, 1.165) is 9.99 Å². The van der Waals surface area contributed by atoms with Gasteiger partial charge in [-0.2, -0.15) is 13.2 Å². The van der Waals surface area contributed by atoms with Crippen molar-refractivity contribution in [1.82, 2.24) is 9.55 Å². The van der Waals surface area contributed by atoms with Crippen molar-refractivity contribution in [2.45, 2.75) is 12.7 Å². The summed E-state index contributed by atoms with van der Waals surface area (Å²) in [6.45, 7) is -1.11. The Morgan fingerprint density at radius 3 is 2.79 bits per heavy atom. The second-order valence-corrected chi connectivity index (χ2v) is 4.84. The van der Waals surface area contributed by atoms with E-state index in [1.54, 1.807) is 16.7 Å². The summed E-state index contributed by atoms with van der Waals surface area (Å²) in [6, 6.07) is 5.40. The van der Waals surface area contributed by atoms with Crippen LogP contribution in [0.1, 0.15) is 0 Å². The molecule has 2 rings (SSSR count). The zero-order valence-corrected chi connectivity index (χ0v) is 11.3. The lowest BCUT2D eigenvalue weighted by atomic mass is 10.3. The summed E-state index contributed by atoms with van der Waals surface area (Å²) < 4.78 is 42.8. The summed E-state index contributed by atoms with van der Waals surface area (Å²) in [5.74, 6) is 0.253. The largest absolute Gasteiger partial charge is 0.411 e. The number of hydrogen-bond acceptors (Lipinski definition) is 3. The van der Waals surface area contributed by atoms with Crippen LogP contribution in [0.25, 0.3) is 11.0 Å². The number of alkyl halides is 3. The Balaban J connectivity index is 2.06. The molecule has 1 aromatic carbocycles. The molecule has 0 saturated heterocycles. The van der Waals surface area contributed by atoms with Gasteiger partial charge < -0.3 is 15.0 Å². The Morgan fingerprint density at radius 2 is 2.11 bits per heavy atom. The molecule has 0 fully saturated rings. The van der Waals surface area contributed by atoms with Crippen LogP contribution in [0.3, 0.4) is 0 Å². The number of fused-ring (bicyclic) bond motifs is 1. The SMILES string of the molecule is Nc1nc2cc(Br)ccc2n1CCOCC(F)(F)F. The number of nitrogens with zero attached hydrogens (tertiary/aromatic N) is 2. The highest BCUT2D eigenvalue weighted by atomic mass is 79.9. The molecule has 0 bridgehead atoms. The van der Waals surface area contributed by atoms with Gasteiger partial charge in [0.15, 0.2) is 0 Å². The standard InChI is InChI=1S/C11H11BrF3N3O/c12-7-1-2-9-8(5-7)17-10(16)18(9)3-4-19-6-11(13,14)15/h1-2,5H,3-4,6H2,(H2,16,17). The maximum atomic E-state index is 11.9. The van der Waals surface area contributed by atoms with Crippen molar-refractivity contribution in [2.24, 2.45) is 0 Å². The molecule has 19 heavy (non-hydrogen) atoms. The molecular weight excluding hydrogens is 327 g/mol. The van der Waals surface area contributed by atoms with Crippen LogP contribution in [-0.2, 0) is 11.3 Å².